The van der Waals surface area contributed by atoms with E-state index in [0.29, 0.717) is 13.0 Å². The molecule has 0 saturated heterocycles. The second kappa shape index (κ2) is 9.83. The van der Waals surface area contributed by atoms with Gasteiger partial charge in [-0.25, -0.2) is 0 Å². The molecule has 0 atom stereocenters. The zero-order valence-electron chi connectivity index (χ0n) is 9.74. The maximum atomic E-state index is 11.0. The zero-order chi connectivity index (χ0) is 13.1. The molecule has 0 saturated carbocycles. The van der Waals surface area contributed by atoms with Crippen LogP contribution >= 0.6 is 0 Å². The molecule has 0 fully saturated rings. The summed E-state index contributed by atoms with van der Waals surface area (Å²) < 4.78 is 4.82. The van der Waals surface area contributed by atoms with Gasteiger partial charge in [0.15, 0.2) is 0 Å². The van der Waals surface area contributed by atoms with Crippen molar-refractivity contribution in [2.45, 2.75) is 19.8 Å². The normalized spacial score (nSPS) is 8.94. The maximum absolute atomic E-state index is 11.0. The highest BCUT2D eigenvalue weighted by atomic mass is 16.5. The SMILES string of the molecule is CCOC(=O)CCc1ccccc1.OB(O)O. The predicted octanol–water partition coefficient (Wildman–Crippen LogP) is 0.130. The minimum Gasteiger partial charge on any atom is -0.466 e. The van der Waals surface area contributed by atoms with E-state index in [1.807, 2.05) is 37.3 Å². The summed E-state index contributed by atoms with van der Waals surface area (Å²) in [6, 6.07) is 9.94. The minimum atomic E-state index is -2.17. The van der Waals surface area contributed by atoms with Gasteiger partial charge in [-0.2, -0.15) is 0 Å². The first-order valence-electron chi connectivity index (χ1n) is 5.30. The number of hydrogen-bond donors (Lipinski definition) is 3. The van der Waals surface area contributed by atoms with E-state index in [2.05, 4.69) is 0 Å². The van der Waals surface area contributed by atoms with Crippen LogP contribution in [0.15, 0.2) is 30.3 Å². The van der Waals surface area contributed by atoms with Crippen LogP contribution < -0.4 is 0 Å². The number of ether oxygens (including phenoxy) is 1. The molecule has 0 aliphatic heterocycles. The van der Waals surface area contributed by atoms with Crippen molar-refractivity contribution in [3.8, 4) is 0 Å². The average Bonchev–Trinajstić information content (AvgIpc) is 2.27. The number of benzene rings is 1. The first-order chi connectivity index (χ1) is 8.06. The fourth-order valence-corrected chi connectivity index (χ4v) is 1.12. The van der Waals surface area contributed by atoms with Gasteiger partial charge in [-0.05, 0) is 18.9 Å². The molecule has 0 radical (unpaired) electrons. The zero-order valence-corrected chi connectivity index (χ0v) is 9.74. The summed E-state index contributed by atoms with van der Waals surface area (Å²) in [7, 11) is -2.17. The molecule has 1 aromatic carbocycles. The Bertz CT molecular complexity index is 299. The predicted molar refractivity (Wildman–Crippen MR) is 63.8 cm³/mol. The van der Waals surface area contributed by atoms with Gasteiger partial charge in [-0.15, -0.1) is 0 Å². The number of carbonyl (C=O) groups excluding carboxylic acids is 1. The van der Waals surface area contributed by atoms with Crippen LogP contribution in [-0.4, -0.2) is 35.0 Å². The first kappa shape index (κ1) is 15.6. The van der Waals surface area contributed by atoms with E-state index in [4.69, 9.17) is 19.8 Å². The van der Waals surface area contributed by atoms with Crippen LogP contribution in [0.2, 0.25) is 0 Å². The van der Waals surface area contributed by atoms with Crippen molar-refractivity contribution in [2.24, 2.45) is 0 Å². The van der Waals surface area contributed by atoms with Crippen molar-refractivity contribution < 1.29 is 24.6 Å². The third-order valence-corrected chi connectivity index (χ3v) is 1.77. The Morgan fingerprint density at radius 1 is 1.24 bits per heavy atom. The Morgan fingerprint density at radius 2 is 1.76 bits per heavy atom. The summed E-state index contributed by atoms with van der Waals surface area (Å²) in [5.74, 6) is -0.119. The Hall–Kier alpha value is -1.37. The van der Waals surface area contributed by atoms with Gasteiger partial charge in [0.25, 0.3) is 0 Å². The number of hydrogen-bond acceptors (Lipinski definition) is 5. The molecule has 0 spiro atoms. The van der Waals surface area contributed by atoms with E-state index < -0.39 is 7.32 Å². The van der Waals surface area contributed by atoms with Crippen LogP contribution in [-0.2, 0) is 16.0 Å². The van der Waals surface area contributed by atoms with E-state index in [-0.39, 0.29) is 5.97 Å². The topological polar surface area (TPSA) is 87.0 Å². The molecular formula is C11H17BO5. The van der Waals surface area contributed by atoms with E-state index >= 15 is 0 Å². The number of rotatable bonds is 4. The summed E-state index contributed by atoms with van der Waals surface area (Å²) in [6.45, 7) is 2.29. The smallest absolute Gasteiger partial charge is 0.466 e. The molecule has 0 bridgehead atoms. The van der Waals surface area contributed by atoms with Crippen molar-refractivity contribution in [1.29, 1.82) is 0 Å². The fourth-order valence-electron chi connectivity index (χ4n) is 1.12. The molecule has 1 rings (SSSR count). The first-order valence-corrected chi connectivity index (χ1v) is 5.30. The highest BCUT2D eigenvalue weighted by molar-refractivity contribution is 6.30. The highest BCUT2D eigenvalue weighted by Gasteiger charge is 2.01. The number of carbonyl (C=O) groups is 1. The molecule has 0 unspecified atom stereocenters. The molecule has 0 heterocycles. The molecule has 0 aliphatic carbocycles. The lowest BCUT2D eigenvalue weighted by atomic mass is 10.1. The van der Waals surface area contributed by atoms with Gasteiger partial charge in [0.2, 0.25) is 0 Å². The second-order valence-electron chi connectivity index (χ2n) is 3.14. The van der Waals surface area contributed by atoms with Gasteiger partial charge < -0.3 is 19.8 Å². The molecule has 5 nitrogen and oxygen atoms in total. The summed E-state index contributed by atoms with van der Waals surface area (Å²) in [5.41, 5.74) is 1.18. The highest BCUT2D eigenvalue weighted by Crippen LogP contribution is 2.02. The molecular weight excluding hydrogens is 223 g/mol. The largest absolute Gasteiger partial charge is 0.631 e. The molecule has 1 aromatic rings. The monoisotopic (exact) mass is 240 g/mol. The quantitative estimate of drug-likeness (QED) is 0.514. The van der Waals surface area contributed by atoms with Gasteiger partial charge in [-0.1, -0.05) is 30.3 Å². The van der Waals surface area contributed by atoms with E-state index in [0.717, 1.165) is 6.42 Å². The van der Waals surface area contributed by atoms with Crippen molar-refractivity contribution in [2.75, 3.05) is 6.61 Å². The lowest BCUT2D eigenvalue weighted by molar-refractivity contribution is -0.143. The van der Waals surface area contributed by atoms with Crippen LogP contribution in [0.1, 0.15) is 18.9 Å². The standard InChI is InChI=1S/C11H14O2.BH3O3/c1-2-13-11(12)9-8-10-6-4-3-5-7-10;2-1(3)4/h3-7H,2,8-9H2,1H3;2-4H. The van der Waals surface area contributed by atoms with Gasteiger partial charge in [0.1, 0.15) is 0 Å². The van der Waals surface area contributed by atoms with Crippen LogP contribution in [0.3, 0.4) is 0 Å². The summed E-state index contributed by atoms with van der Waals surface area (Å²) in [6.07, 6.45) is 1.23. The summed E-state index contributed by atoms with van der Waals surface area (Å²) >= 11 is 0. The van der Waals surface area contributed by atoms with Crippen LogP contribution in [0.4, 0.5) is 0 Å². The molecule has 0 aliphatic rings. The summed E-state index contributed by atoms with van der Waals surface area (Å²) in [5, 5.41) is 21.5. The fraction of sp³-hybridized carbons (Fsp3) is 0.364. The maximum Gasteiger partial charge on any atom is 0.631 e. The van der Waals surface area contributed by atoms with Crippen LogP contribution in [0, 0.1) is 0 Å². The Kier molecular flexibility index (Phi) is 9.04. The molecule has 0 aromatic heterocycles. The molecule has 17 heavy (non-hydrogen) atoms. The minimum absolute atomic E-state index is 0.119. The third-order valence-electron chi connectivity index (χ3n) is 1.77. The van der Waals surface area contributed by atoms with Crippen molar-refractivity contribution in [1.82, 2.24) is 0 Å². The average molecular weight is 240 g/mol. The van der Waals surface area contributed by atoms with E-state index in [9.17, 15) is 4.79 Å². The number of aryl methyl sites for hydroxylation is 1. The Morgan fingerprint density at radius 3 is 2.24 bits per heavy atom. The van der Waals surface area contributed by atoms with E-state index in [1.165, 1.54) is 5.56 Å². The van der Waals surface area contributed by atoms with Crippen LogP contribution in [0.5, 0.6) is 0 Å². The molecule has 3 N–H and O–H groups in total. The van der Waals surface area contributed by atoms with E-state index in [1.54, 1.807) is 0 Å². The Labute approximate surface area is 101 Å². The molecule has 6 heteroatoms. The lowest BCUT2D eigenvalue weighted by Crippen LogP contribution is -2.07. The van der Waals surface area contributed by atoms with Gasteiger partial charge >= 0.3 is 13.3 Å². The van der Waals surface area contributed by atoms with Gasteiger partial charge in [0.05, 0.1) is 6.61 Å². The molecule has 94 valence electrons. The van der Waals surface area contributed by atoms with Crippen LogP contribution in [0.25, 0.3) is 0 Å². The van der Waals surface area contributed by atoms with Crippen molar-refractivity contribution in [3.05, 3.63) is 35.9 Å². The molecule has 0 amide bonds. The number of esters is 1. The van der Waals surface area contributed by atoms with Gasteiger partial charge in [0, 0.05) is 6.42 Å². The Balaban J connectivity index is 0.000000557. The third kappa shape index (κ3) is 10.9. The van der Waals surface area contributed by atoms with Gasteiger partial charge in [-0.3, -0.25) is 4.79 Å². The summed E-state index contributed by atoms with van der Waals surface area (Å²) in [4.78, 5) is 11.0. The van der Waals surface area contributed by atoms with Crippen molar-refractivity contribution in [3.63, 3.8) is 0 Å². The second-order valence-corrected chi connectivity index (χ2v) is 3.14. The lowest BCUT2D eigenvalue weighted by Gasteiger charge is -2.01. The van der Waals surface area contributed by atoms with Crippen molar-refractivity contribution >= 4 is 13.3 Å².